The lowest BCUT2D eigenvalue weighted by Gasteiger charge is -2.32. The van der Waals surface area contributed by atoms with Crippen molar-refractivity contribution in [3.8, 4) is 0 Å². The molecule has 2 rings (SSSR count). The molecule has 1 saturated carbocycles. The Morgan fingerprint density at radius 3 is 2.38 bits per heavy atom. The Labute approximate surface area is 138 Å². The minimum absolute atomic E-state index is 0.00838. The van der Waals surface area contributed by atoms with Gasteiger partial charge in [-0.05, 0) is 37.8 Å². The molecule has 4 nitrogen and oxygen atoms in total. The number of halogens is 3. The standard InChI is InChI=1S/C13H14Cl3NO3S/c1-7(8-3-2-4-8)17-13(18)9-5-12(21(16,19)20)11(15)6-10(9)14/h5-8H,2-4H2,1H3,(H,17,18). The Bertz CT molecular complexity index is 671. The zero-order chi connectivity index (χ0) is 15.8. The van der Waals surface area contributed by atoms with Crippen LogP contribution >= 0.6 is 33.9 Å². The SMILES string of the molecule is CC(NC(=O)c1cc(S(=O)(=O)Cl)c(Cl)cc1Cl)C1CCC1. The van der Waals surface area contributed by atoms with Gasteiger partial charge in [0.1, 0.15) is 4.90 Å². The predicted molar refractivity (Wildman–Crippen MR) is 83.8 cm³/mol. The van der Waals surface area contributed by atoms with Crippen molar-refractivity contribution in [3.05, 3.63) is 27.7 Å². The highest BCUT2D eigenvalue weighted by Crippen LogP contribution is 2.32. The van der Waals surface area contributed by atoms with Gasteiger partial charge in [-0.2, -0.15) is 0 Å². The van der Waals surface area contributed by atoms with Crippen LogP contribution in [0.15, 0.2) is 17.0 Å². The van der Waals surface area contributed by atoms with E-state index < -0.39 is 15.0 Å². The molecule has 116 valence electrons. The van der Waals surface area contributed by atoms with Crippen molar-refractivity contribution in [2.45, 2.75) is 37.1 Å². The van der Waals surface area contributed by atoms with E-state index in [0.29, 0.717) is 5.92 Å². The van der Waals surface area contributed by atoms with E-state index in [2.05, 4.69) is 5.32 Å². The molecule has 0 heterocycles. The van der Waals surface area contributed by atoms with Crippen LogP contribution in [0.5, 0.6) is 0 Å². The van der Waals surface area contributed by atoms with Crippen LogP contribution in [0.3, 0.4) is 0 Å². The normalized spacial score (nSPS) is 17.1. The Morgan fingerprint density at radius 1 is 1.29 bits per heavy atom. The van der Waals surface area contributed by atoms with Crippen LogP contribution in [0.4, 0.5) is 0 Å². The van der Waals surface area contributed by atoms with Gasteiger partial charge in [0.15, 0.2) is 0 Å². The highest BCUT2D eigenvalue weighted by Gasteiger charge is 2.27. The van der Waals surface area contributed by atoms with Gasteiger partial charge in [0.2, 0.25) is 0 Å². The quantitative estimate of drug-likeness (QED) is 0.819. The molecule has 1 aliphatic carbocycles. The van der Waals surface area contributed by atoms with Crippen molar-refractivity contribution < 1.29 is 13.2 Å². The van der Waals surface area contributed by atoms with Crippen molar-refractivity contribution in [3.63, 3.8) is 0 Å². The van der Waals surface area contributed by atoms with Gasteiger partial charge in [0.25, 0.3) is 15.0 Å². The van der Waals surface area contributed by atoms with E-state index >= 15 is 0 Å². The van der Waals surface area contributed by atoms with E-state index in [0.717, 1.165) is 18.9 Å². The van der Waals surface area contributed by atoms with Crippen molar-refractivity contribution in [2.24, 2.45) is 5.92 Å². The Hall–Kier alpha value is -0.490. The van der Waals surface area contributed by atoms with Gasteiger partial charge < -0.3 is 5.32 Å². The second-order valence-corrected chi connectivity index (χ2v) is 8.50. The van der Waals surface area contributed by atoms with Gasteiger partial charge >= 0.3 is 0 Å². The van der Waals surface area contributed by atoms with Gasteiger partial charge in [-0.3, -0.25) is 4.79 Å². The summed E-state index contributed by atoms with van der Waals surface area (Å²) < 4.78 is 22.9. The Balaban J connectivity index is 2.28. The summed E-state index contributed by atoms with van der Waals surface area (Å²) in [5, 5.41) is 2.81. The fourth-order valence-corrected chi connectivity index (χ4v) is 4.06. The van der Waals surface area contributed by atoms with Gasteiger partial charge in [0.05, 0.1) is 15.6 Å². The molecule has 0 spiro atoms. The van der Waals surface area contributed by atoms with Crippen LogP contribution in [0.25, 0.3) is 0 Å². The number of carbonyl (C=O) groups excluding carboxylic acids is 1. The van der Waals surface area contributed by atoms with E-state index in [9.17, 15) is 13.2 Å². The first-order valence-corrected chi connectivity index (χ1v) is 9.51. The lowest BCUT2D eigenvalue weighted by Crippen LogP contribution is -2.40. The first-order valence-electron chi connectivity index (χ1n) is 6.44. The topological polar surface area (TPSA) is 63.2 Å². The zero-order valence-electron chi connectivity index (χ0n) is 11.2. The third-order valence-corrected chi connectivity index (χ3v) is 5.84. The Morgan fingerprint density at radius 2 is 1.90 bits per heavy atom. The maximum absolute atomic E-state index is 12.2. The fraction of sp³-hybridized carbons (Fsp3) is 0.462. The van der Waals surface area contributed by atoms with E-state index in [1.54, 1.807) is 0 Å². The first-order chi connectivity index (χ1) is 9.70. The van der Waals surface area contributed by atoms with Crippen LogP contribution in [0.1, 0.15) is 36.5 Å². The van der Waals surface area contributed by atoms with Gasteiger partial charge in [-0.15, -0.1) is 0 Å². The maximum atomic E-state index is 12.2. The summed E-state index contributed by atoms with van der Waals surface area (Å²) in [6.45, 7) is 1.92. The van der Waals surface area contributed by atoms with Crippen LogP contribution in [0, 0.1) is 5.92 Å². The number of amides is 1. The molecule has 1 unspecified atom stereocenters. The number of benzene rings is 1. The first kappa shape index (κ1) is 16.9. The monoisotopic (exact) mass is 369 g/mol. The second-order valence-electron chi connectivity index (χ2n) is 5.15. The smallest absolute Gasteiger partial charge is 0.262 e. The van der Waals surface area contributed by atoms with Gasteiger partial charge in [-0.25, -0.2) is 8.42 Å². The molecule has 8 heteroatoms. The van der Waals surface area contributed by atoms with Crippen molar-refractivity contribution in [1.82, 2.24) is 5.32 Å². The molecular formula is C13H14Cl3NO3S. The van der Waals surface area contributed by atoms with E-state index in [1.807, 2.05) is 6.92 Å². The minimum Gasteiger partial charge on any atom is -0.349 e. The molecule has 0 aromatic heterocycles. The third kappa shape index (κ3) is 3.83. The zero-order valence-corrected chi connectivity index (χ0v) is 14.3. The van der Waals surface area contributed by atoms with Crippen LogP contribution in [-0.2, 0) is 9.05 Å². The summed E-state index contributed by atoms with van der Waals surface area (Å²) in [7, 11) is 1.25. The highest BCUT2D eigenvalue weighted by atomic mass is 35.7. The van der Waals surface area contributed by atoms with Crippen LogP contribution in [0.2, 0.25) is 10.0 Å². The summed E-state index contributed by atoms with van der Waals surface area (Å²) in [5.74, 6) is 0.0221. The molecule has 1 atom stereocenters. The van der Waals surface area contributed by atoms with Crippen molar-refractivity contribution in [2.75, 3.05) is 0 Å². The number of rotatable bonds is 4. The lowest BCUT2D eigenvalue weighted by molar-refractivity contribution is 0.0909. The summed E-state index contributed by atoms with van der Waals surface area (Å²) in [4.78, 5) is 11.9. The van der Waals surface area contributed by atoms with E-state index in [4.69, 9.17) is 33.9 Å². The lowest BCUT2D eigenvalue weighted by atomic mass is 9.80. The fourth-order valence-electron chi connectivity index (χ4n) is 2.23. The average molecular weight is 371 g/mol. The molecular weight excluding hydrogens is 357 g/mol. The molecule has 21 heavy (non-hydrogen) atoms. The molecule has 0 aliphatic heterocycles. The van der Waals surface area contributed by atoms with Crippen LogP contribution < -0.4 is 5.32 Å². The van der Waals surface area contributed by atoms with Crippen molar-refractivity contribution in [1.29, 1.82) is 0 Å². The van der Waals surface area contributed by atoms with Crippen molar-refractivity contribution >= 4 is 48.8 Å². The summed E-state index contributed by atoms with van der Waals surface area (Å²) in [6, 6.07) is 2.32. The predicted octanol–water partition coefficient (Wildman–Crippen LogP) is 3.84. The number of nitrogens with one attached hydrogen (secondary N) is 1. The summed E-state index contributed by atoms with van der Waals surface area (Å²) >= 11 is 11.8. The molecule has 1 fully saturated rings. The number of carbonyl (C=O) groups is 1. The molecule has 1 aliphatic rings. The van der Waals surface area contributed by atoms with E-state index in [1.165, 1.54) is 12.5 Å². The third-order valence-electron chi connectivity index (χ3n) is 3.74. The molecule has 0 saturated heterocycles. The maximum Gasteiger partial charge on any atom is 0.262 e. The minimum atomic E-state index is -4.04. The molecule has 0 bridgehead atoms. The highest BCUT2D eigenvalue weighted by molar-refractivity contribution is 8.13. The largest absolute Gasteiger partial charge is 0.349 e. The average Bonchev–Trinajstić information content (AvgIpc) is 2.23. The molecule has 1 aromatic carbocycles. The number of hydrogen-bond acceptors (Lipinski definition) is 3. The molecule has 0 radical (unpaired) electrons. The van der Waals surface area contributed by atoms with Gasteiger partial charge in [-0.1, -0.05) is 29.6 Å². The van der Waals surface area contributed by atoms with Crippen LogP contribution in [-0.4, -0.2) is 20.4 Å². The second kappa shape index (κ2) is 6.32. The molecule has 1 aromatic rings. The molecule has 1 N–H and O–H groups in total. The molecule has 1 amide bonds. The van der Waals surface area contributed by atoms with Gasteiger partial charge in [0, 0.05) is 16.7 Å². The Kier molecular flexibility index (Phi) is 5.08. The summed E-state index contributed by atoms with van der Waals surface area (Å²) in [6.07, 6.45) is 3.33. The van der Waals surface area contributed by atoms with E-state index in [-0.39, 0.29) is 26.5 Å². The number of hydrogen-bond donors (Lipinski definition) is 1. The summed E-state index contributed by atoms with van der Waals surface area (Å²) in [5.41, 5.74) is 0.0477.